The van der Waals surface area contributed by atoms with Crippen LogP contribution >= 0.6 is 34.0 Å². The number of fused-ring (bicyclic) bond motifs is 4. The Bertz CT molecular complexity index is 1570. The van der Waals surface area contributed by atoms with Gasteiger partial charge in [0, 0.05) is 36.5 Å². The lowest BCUT2D eigenvalue weighted by atomic mass is 10.0. The molecule has 0 saturated heterocycles. The van der Waals surface area contributed by atoms with Gasteiger partial charge in [0.1, 0.15) is 5.75 Å². The predicted octanol–water partition coefficient (Wildman–Crippen LogP) is 7.40. The molecule has 5 aromatic rings. The fraction of sp³-hybridized carbons (Fsp3) is 0.200. The molecule has 0 atom stereocenters. The van der Waals surface area contributed by atoms with Crippen molar-refractivity contribution in [3.8, 4) is 15.5 Å². The van der Waals surface area contributed by atoms with Gasteiger partial charge in [0.25, 0.3) is 11.8 Å². The predicted molar refractivity (Wildman–Crippen MR) is 135 cm³/mol. The normalized spacial score (nSPS) is 13.9. The highest BCUT2D eigenvalue weighted by Gasteiger charge is 2.40. The maximum atomic E-state index is 13.1. The third kappa shape index (κ3) is 2.71. The van der Waals surface area contributed by atoms with Crippen LogP contribution in [0.1, 0.15) is 41.5 Å². The molecule has 32 heavy (non-hydrogen) atoms. The van der Waals surface area contributed by atoms with E-state index >= 15 is 0 Å². The monoisotopic (exact) mass is 477 g/mol. The molecular weight excluding hydrogens is 458 g/mol. The van der Waals surface area contributed by atoms with Crippen molar-refractivity contribution >= 4 is 76.8 Å². The molecule has 0 bridgehead atoms. The van der Waals surface area contributed by atoms with Crippen LogP contribution in [-0.2, 0) is 0 Å². The number of nitrogens with zero attached hydrogens (tertiary/aromatic N) is 1. The minimum atomic E-state index is -0.191. The van der Waals surface area contributed by atoms with Gasteiger partial charge in [-0.1, -0.05) is 0 Å². The number of imide groups is 1. The summed E-state index contributed by atoms with van der Waals surface area (Å²) >= 11 is 4.85. The highest BCUT2D eigenvalue weighted by molar-refractivity contribution is 7.26. The fourth-order valence-electron chi connectivity index (χ4n) is 4.45. The lowest BCUT2D eigenvalue weighted by molar-refractivity contribution is 0.0609. The van der Waals surface area contributed by atoms with Crippen LogP contribution < -0.4 is 4.74 Å². The Kier molecular flexibility index (Phi) is 4.44. The van der Waals surface area contributed by atoms with Crippen molar-refractivity contribution in [2.24, 2.45) is 0 Å². The average molecular weight is 478 g/mol. The summed E-state index contributed by atoms with van der Waals surface area (Å²) in [4.78, 5) is 29.1. The van der Waals surface area contributed by atoms with Crippen LogP contribution in [0.2, 0.25) is 0 Å². The van der Waals surface area contributed by atoms with Crippen molar-refractivity contribution in [1.82, 2.24) is 4.90 Å². The number of carbonyl (C=O) groups is 2. The topological polar surface area (TPSA) is 46.6 Å². The molecule has 3 aromatic heterocycles. The Balaban J connectivity index is 1.58. The molecule has 0 N–H and O–H groups in total. The fourth-order valence-corrected chi connectivity index (χ4v) is 7.53. The number of ether oxygens (including phenoxy) is 1. The molecule has 0 aliphatic carbocycles. The van der Waals surface area contributed by atoms with Gasteiger partial charge >= 0.3 is 0 Å². The van der Waals surface area contributed by atoms with E-state index in [1.807, 2.05) is 26.2 Å². The average Bonchev–Trinajstić information content (AvgIpc) is 3.51. The van der Waals surface area contributed by atoms with Crippen molar-refractivity contribution in [2.75, 3.05) is 6.61 Å². The molecule has 160 valence electrons. The second-order valence-corrected chi connectivity index (χ2v) is 11.0. The Morgan fingerprint density at radius 1 is 0.969 bits per heavy atom. The molecule has 7 heteroatoms. The first kappa shape index (κ1) is 19.9. The second kappa shape index (κ2) is 7.13. The van der Waals surface area contributed by atoms with E-state index in [9.17, 15) is 9.59 Å². The van der Waals surface area contributed by atoms with Crippen molar-refractivity contribution in [2.45, 2.75) is 26.8 Å². The zero-order valence-electron chi connectivity index (χ0n) is 17.7. The number of amides is 2. The lowest BCUT2D eigenvalue weighted by Crippen LogP contribution is -2.36. The summed E-state index contributed by atoms with van der Waals surface area (Å²) in [5.74, 6) is 0.505. The molecule has 6 rings (SSSR count). The van der Waals surface area contributed by atoms with Crippen LogP contribution in [-0.4, -0.2) is 29.4 Å². The Labute approximate surface area is 196 Å². The van der Waals surface area contributed by atoms with Crippen LogP contribution in [0.4, 0.5) is 0 Å². The molecule has 0 fully saturated rings. The Morgan fingerprint density at radius 3 is 2.59 bits per heavy atom. The molecule has 0 radical (unpaired) electrons. The van der Waals surface area contributed by atoms with Gasteiger partial charge in [0.2, 0.25) is 0 Å². The van der Waals surface area contributed by atoms with Crippen LogP contribution in [0.25, 0.3) is 40.7 Å². The largest absolute Gasteiger partial charge is 0.493 e. The van der Waals surface area contributed by atoms with Crippen molar-refractivity contribution in [3.63, 3.8) is 0 Å². The van der Waals surface area contributed by atoms with Crippen molar-refractivity contribution in [3.05, 3.63) is 52.2 Å². The SMILES string of the molecule is CCOc1c2cc3sccc3cc2cc2sc(-c3scc4c3C(=O)N(C(C)C)C4=O)cc12. The van der Waals surface area contributed by atoms with Gasteiger partial charge in [0.05, 0.1) is 22.6 Å². The molecule has 4 nitrogen and oxygen atoms in total. The first-order valence-corrected chi connectivity index (χ1v) is 13.1. The summed E-state index contributed by atoms with van der Waals surface area (Å²) in [6.07, 6.45) is 0. The van der Waals surface area contributed by atoms with Crippen LogP contribution in [0.5, 0.6) is 5.75 Å². The summed E-state index contributed by atoms with van der Waals surface area (Å²) in [6.45, 7) is 6.31. The van der Waals surface area contributed by atoms with E-state index in [0.717, 1.165) is 36.4 Å². The number of rotatable bonds is 4. The molecule has 0 saturated carbocycles. The number of hydrogen-bond acceptors (Lipinski definition) is 6. The third-order valence-corrected chi connectivity index (χ3v) is 8.98. The minimum Gasteiger partial charge on any atom is -0.493 e. The number of benzene rings is 2. The molecule has 4 heterocycles. The molecule has 2 amide bonds. The molecule has 0 spiro atoms. The van der Waals surface area contributed by atoms with E-state index < -0.39 is 0 Å². The van der Waals surface area contributed by atoms with Crippen LogP contribution in [0.15, 0.2) is 41.1 Å². The van der Waals surface area contributed by atoms with Crippen LogP contribution in [0.3, 0.4) is 0 Å². The van der Waals surface area contributed by atoms with Gasteiger partial charge in [-0.05, 0) is 67.3 Å². The highest BCUT2D eigenvalue weighted by Crippen LogP contribution is 2.47. The van der Waals surface area contributed by atoms with Gasteiger partial charge in [0.15, 0.2) is 0 Å². The molecule has 1 aliphatic heterocycles. The lowest BCUT2D eigenvalue weighted by Gasteiger charge is -2.18. The molecule has 0 unspecified atom stereocenters. The van der Waals surface area contributed by atoms with Gasteiger partial charge in [-0.15, -0.1) is 34.0 Å². The first-order chi connectivity index (χ1) is 15.5. The number of thiophene rings is 3. The summed E-state index contributed by atoms with van der Waals surface area (Å²) in [5.41, 5.74) is 1.07. The van der Waals surface area contributed by atoms with Crippen molar-refractivity contribution < 1.29 is 14.3 Å². The molecule has 1 aliphatic rings. The third-order valence-electron chi connectivity index (χ3n) is 5.86. The first-order valence-electron chi connectivity index (χ1n) is 10.5. The second-order valence-electron chi connectivity index (χ2n) is 8.12. The van der Waals surface area contributed by atoms with Crippen molar-refractivity contribution in [1.29, 1.82) is 0 Å². The van der Waals surface area contributed by atoms with Gasteiger partial charge in [-0.2, -0.15) is 0 Å². The summed E-state index contributed by atoms with van der Waals surface area (Å²) in [6, 6.07) is 10.7. The Morgan fingerprint density at radius 2 is 1.81 bits per heavy atom. The van der Waals surface area contributed by atoms with E-state index in [4.69, 9.17) is 4.74 Å². The summed E-state index contributed by atoms with van der Waals surface area (Å²) in [7, 11) is 0. The van der Waals surface area contributed by atoms with Crippen LogP contribution in [0, 0.1) is 0 Å². The van der Waals surface area contributed by atoms with Gasteiger partial charge in [-0.25, -0.2) is 0 Å². The standard InChI is InChI=1S/C25H19NO3S3/c1-4-29-22-15-9-18-13(5-6-30-18)7-14(15)8-19-16(22)10-20(32-19)23-21-17(11-31-23)24(27)26(12(2)3)25(21)28/h5-12H,4H2,1-3H3. The van der Waals surface area contributed by atoms with E-state index in [-0.39, 0.29) is 17.9 Å². The van der Waals surface area contributed by atoms with E-state index in [0.29, 0.717) is 17.7 Å². The van der Waals surface area contributed by atoms with Gasteiger partial charge < -0.3 is 4.74 Å². The molecular formula is C25H19NO3S3. The number of hydrogen-bond donors (Lipinski definition) is 0. The van der Waals surface area contributed by atoms with E-state index in [1.54, 1.807) is 22.7 Å². The van der Waals surface area contributed by atoms with E-state index in [1.165, 1.54) is 26.3 Å². The summed E-state index contributed by atoms with van der Waals surface area (Å²) < 4.78 is 8.51. The Hall–Kier alpha value is -2.74. The maximum Gasteiger partial charge on any atom is 0.263 e. The zero-order chi connectivity index (χ0) is 22.1. The number of carbonyl (C=O) groups excluding carboxylic acids is 2. The highest BCUT2D eigenvalue weighted by atomic mass is 32.1. The van der Waals surface area contributed by atoms with E-state index in [2.05, 4.69) is 35.7 Å². The zero-order valence-corrected chi connectivity index (χ0v) is 20.2. The summed E-state index contributed by atoms with van der Waals surface area (Å²) in [5, 5.41) is 8.47. The quantitative estimate of drug-likeness (QED) is 0.253. The maximum absolute atomic E-state index is 13.1. The smallest absolute Gasteiger partial charge is 0.263 e. The van der Waals surface area contributed by atoms with Gasteiger partial charge in [-0.3, -0.25) is 14.5 Å². The molecule has 2 aromatic carbocycles. The minimum absolute atomic E-state index is 0.161.